The van der Waals surface area contributed by atoms with Gasteiger partial charge in [-0.3, -0.25) is 14.7 Å². The Kier molecular flexibility index (Phi) is 6.47. The average Bonchev–Trinajstić information content (AvgIpc) is 3.49. The molecule has 1 N–H and O–H groups in total. The number of likely N-dealkylation sites (tertiary alicyclic amines) is 1. The minimum Gasteiger partial charge on any atom is -0.443 e. The standard InChI is InChI=1S/C32H34N4O3/c1-32(2,3)39-31(38)36-27-10-9-21(20-35-12-5-4-6-13-35)14-24(27)17-28(36)26-16-23(22-8-7-11-33-18-22)15-25-19-34-30(37)29(25)26/h7-11,14-18H,4-6,12-13,19-20H2,1-3H3,(H,34,37). The van der Waals surface area contributed by atoms with Gasteiger partial charge >= 0.3 is 6.09 Å². The molecule has 2 aliphatic heterocycles. The summed E-state index contributed by atoms with van der Waals surface area (Å²) in [5.74, 6) is -0.135. The van der Waals surface area contributed by atoms with Crippen molar-refractivity contribution >= 4 is 22.9 Å². The Balaban J connectivity index is 1.53. The molecule has 39 heavy (non-hydrogen) atoms. The Bertz CT molecular complexity index is 1560. The van der Waals surface area contributed by atoms with E-state index in [0.717, 1.165) is 47.2 Å². The zero-order chi connectivity index (χ0) is 27.1. The van der Waals surface area contributed by atoms with Gasteiger partial charge in [0.15, 0.2) is 0 Å². The first kappa shape index (κ1) is 25.3. The van der Waals surface area contributed by atoms with Crippen LogP contribution in [0.2, 0.25) is 0 Å². The van der Waals surface area contributed by atoms with Crippen LogP contribution in [-0.4, -0.2) is 45.1 Å². The van der Waals surface area contributed by atoms with Crippen molar-refractivity contribution in [2.45, 2.75) is 58.7 Å². The molecule has 1 saturated heterocycles. The second kappa shape index (κ2) is 9.97. The smallest absolute Gasteiger partial charge is 0.419 e. The molecule has 4 heterocycles. The normalized spacial score (nSPS) is 15.8. The predicted octanol–water partition coefficient (Wildman–Crippen LogP) is 6.38. The second-order valence-corrected chi connectivity index (χ2v) is 11.6. The molecular formula is C32H34N4O3. The summed E-state index contributed by atoms with van der Waals surface area (Å²) >= 11 is 0. The van der Waals surface area contributed by atoms with Crippen LogP contribution in [0.25, 0.3) is 33.3 Å². The number of pyridine rings is 1. The number of amides is 1. The molecule has 7 heteroatoms. The summed E-state index contributed by atoms with van der Waals surface area (Å²) < 4.78 is 7.49. The van der Waals surface area contributed by atoms with Gasteiger partial charge in [0.1, 0.15) is 5.60 Å². The molecular weight excluding hydrogens is 488 g/mol. The summed E-state index contributed by atoms with van der Waals surface area (Å²) in [7, 11) is 0. The van der Waals surface area contributed by atoms with Crippen LogP contribution >= 0.6 is 0 Å². The lowest BCUT2D eigenvalue weighted by Gasteiger charge is -2.26. The van der Waals surface area contributed by atoms with Crippen LogP contribution in [0.15, 0.2) is 60.9 Å². The second-order valence-electron chi connectivity index (χ2n) is 11.6. The largest absolute Gasteiger partial charge is 0.443 e. The zero-order valence-electron chi connectivity index (χ0n) is 22.8. The van der Waals surface area contributed by atoms with Gasteiger partial charge in [-0.15, -0.1) is 0 Å². The lowest BCUT2D eigenvalue weighted by atomic mass is 9.94. The van der Waals surface area contributed by atoms with Crippen molar-refractivity contribution in [1.29, 1.82) is 0 Å². The van der Waals surface area contributed by atoms with Gasteiger partial charge < -0.3 is 10.1 Å². The first-order valence-electron chi connectivity index (χ1n) is 13.7. The lowest BCUT2D eigenvalue weighted by molar-refractivity contribution is 0.0547. The number of hydrogen-bond acceptors (Lipinski definition) is 5. The van der Waals surface area contributed by atoms with Gasteiger partial charge in [-0.2, -0.15) is 0 Å². The Morgan fingerprint density at radius 1 is 1.03 bits per heavy atom. The number of piperidine rings is 1. The van der Waals surface area contributed by atoms with Gasteiger partial charge in [0, 0.05) is 42.0 Å². The number of fused-ring (bicyclic) bond motifs is 2. The van der Waals surface area contributed by atoms with Gasteiger partial charge in [-0.25, -0.2) is 9.36 Å². The van der Waals surface area contributed by atoms with E-state index in [1.807, 2.05) is 63.4 Å². The van der Waals surface area contributed by atoms with Crippen molar-refractivity contribution in [3.8, 4) is 22.4 Å². The van der Waals surface area contributed by atoms with Gasteiger partial charge in [0.05, 0.1) is 16.8 Å². The topological polar surface area (TPSA) is 76.5 Å². The number of rotatable bonds is 4. The van der Waals surface area contributed by atoms with Crippen LogP contribution in [0.3, 0.4) is 0 Å². The highest BCUT2D eigenvalue weighted by Crippen LogP contribution is 2.38. The van der Waals surface area contributed by atoms with Crippen LogP contribution in [0.5, 0.6) is 0 Å². The number of benzene rings is 2. The van der Waals surface area contributed by atoms with E-state index in [1.165, 1.54) is 24.8 Å². The van der Waals surface area contributed by atoms with E-state index < -0.39 is 11.7 Å². The molecule has 0 spiro atoms. The summed E-state index contributed by atoms with van der Waals surface area (Å²) in [6.45, 7) is 9.15. The zero-order valence-corrected chi connectivity index (χ0v) is 22.8. The van der Waals surface area contributed by atoms with Gasteiger partial charge in [0.2, 0.25) is 0 Å². The molecule has 0 radical (unpaired) electrons. The van der Waals surface area contributed by atoms with Gasteiger partial charge in [-0.1, -0.05) is 18.6 Å². The molecule has 0 aliphatic carbocycles. The SMILES string of the molecule is CC(C)(C)OC(=O)n1c(-c2cc(-c3cccnc3)cc3c2C(=O)NC3)cc2cc(CN3CCCCC3)ccc21. The molecule has 2 aromatic carbocycles. The van der Waals surface area contributed by atoms with Gasteiger partial charge in [0.25, 0.3) is 5.91 Å². The molecule has 7 nitrogen and oxygen atoms in total. The maximum absolute atomic E-state index is 13.7. The van der Waals surface area contributed by atoms with E-state index in [4.69, 9.17) is 4.74 Å². The Labute approximate surface area is 228 Å². The van der Waals surface area contributed by atoms with Crippen LogP contribution in [0.4, 0.5) is 4.79 Å². The van der Waals surface area contributed by atoms with Crippen molar-refractivity contribution in [3.05, 3.63) is 77.6 Å². The number of carbonyl (C=O) groups is 2. The number of ether oxygens (including phenoxy) is 1. The first-order valence-corrected chi connectivity index (χ1v) is 13.7. The molecule has 2 aromatic heterocycles. The molecule has 0 atom stereocenters. The first-order chi connectivity index (χ1) is 18.8. The van der Waals surface area contributed by atoms with Crippen molar-refractivity contribution in [3.63, 3.8) is 0 Å². The Morgan fingerprint density at radius 2 is 1.85 bits per heavy atom. The third-order valence-corrected chi connectivity index (χ3v) is 7.45. The van der Waals surface area contributed by atoms with E-state index in [0.29, 0.717) is 23.4 Å². The molecule has 0 bridgehead atoms. The third kappa shape index (κ3) is 5.06. The lowest BCUT2D eigenvalue weighted by Crippen LogP contribution is -2.29. The molecule has 6 rings (SSSR count). The Hall–Kier alpha value is -3.97. The molecule has 2 aliphatic rings. The number of nitrogens with zero attached hydrogens (tertiary/aromatic N) is 3. The monoisotopic (exact) mass is 522 g/mol. The van der Waals surface area contributed by atoms with E-state index in [1.54, 1.807) is 10.8 Å². The fraction of sp³-hybridized carbons (Fsp3) is 0.344. The van der Waals surface area contributed by atoms with E-state index >= 15 is 0 Å². The Morgan fingerprint density at radius 3 is 2.59 bits per heavy atom. The van der Waals surface area contributed by atoms with Crippen LogP contribution in [-0.2, 0) is 17.8 Å². The van der Waals surface area contributed by atoms with Crippen LogP contribution in [0.1, 0.15) is 61.5 Å². The average molecular weight is 523 g/mol. The minimum absolute atomic E-state index is 0.135. The number of aromatic nitrogens is 2. The highest BCUT2D eigenvalue weighted by atomic mass is 16.6. The summed E-state index contributed by atoms with van der Waals surface area (Å²) in [5, 5.41) is 3.91. The number of nitrogens with one attached hydrogen (secondary N) is 1. The quantitative estimate of drug-likeness (QED) is 0.336. The molecule has 4 aromatic rings. The summed E-state index contributed by atoms with van der Waals surface area (Å²) in [5.41, 5.74) is 6.06. The van der Waals surface area contributed by atoms with Crippen molar-refractivity contribution < 1.29 is 14.3 Å². The van der Waals surface area contributed by atoms with E-state index in [2.05, 4.69) is 27.3 Å². The van der Waals surface area contributed by atoms with Crippen molar-refractivity contribution in [2.24, 2.45) is 0 Å². The van der Waals surface area contributed by atoms with E-state index in [9.17, 15) is 9.59 Å². The van der Waals surface area contributed by atoms with Gasteiger partial charge in [-0.05, 0) is 99.8 Å². The number of hydrogen-bond donors (Lipinski definition) is 1. The molecule has 1 fully saturated rings. The maximum Gasteiger partial charge on any atom is 0.419 e. The summed E-state index contributed by atoms with van der Waals surface area (Å²) in [6, 6.07) is 16.2. The fourth-order valence-electron chi connectivity index (χ4n) is 5.72. The minimum atomic E-state index is -0.671. The van der Waals surface area contributed by atoms with Crippen LogP contribution in [0, 0.1) is 0 Å². The fourth-order valence-corrected chi connectivity index (χ4v) is 5.72. The molecule has 0 saturated carbocycles. The highest BCUT2D eigenvalue weighted by molar-refractivity contribution is 6.07. The summed E-state index contributed by atoms with van der Waals surface area (Å²) in [4.78, 5) is 33.5. The number of carbonyl (C=O) groups excluding carboxylic acids is 2. The summed E-state index contributed by atoms with van der Waals surface area (Å²) in [6.07, 6.45) is 6.86. The highest BCUT2D eigenvalue weighted by Gasteiger charge is 2.29. The van der Waals surface area contributed by atoms with Crippen LogP contribution < -0.4 is 5.32 Å². The molecule has 200 valence electrons. The van der Waals surface area contributed by atoms with Crippen molar-refractivity contribution in [1.82, 2.24) is 19.8 Å². The van der Waals surface area contributed by atoms with E-state index in [-0.39, 0.29) is 5.91 Å². The third-order valence-electron chi connectivity index (χ3n) is 7.45. The maximum atomic E-state index is 13.7. The molecule has 1 amide bonds. The predicted molar refractivity (Wildman–Crippen MR) is 153 cm³/mol. The van der Waals surface area contributed by atoms with Crippen molar-refractivity contribution in [2.75, 3.05) is 13.1 Å². The molecule has 0 unspecified atom stereocenters.